The van der Waals surface area contributed by atoms with E-state index in [1.165, 1.54) is 0 Å². The maximum Gasteiger partial charge on any atom is 0.407 e. The Morgan fingerprint density at radius 2 is 1.94 bits per heavy atom. The van der Waals surface area contributed by atoms with Gasteiger partial charge in [0.25, 0.3) is 0 Å². The van der Waals surface area contributed by atoms with E-state index in [1.807, 2.05) is 42.5 Å². The number of carbonyl (C=O) groups is 1. The smallest absolute Gasteiger partial charge is 0.407 e. The van der Waals surface area contributed by atoms with Crippen LogP contribution in [-0.4, -0.2) is 53.6 Å². The van der Waals surface area contributed by atoms with Gasteiger partial charge < -0.3 is 29.3 Å². The van der Waals surface area contributed by atoms with Crippen molar-refractivity contribution in [3.8, 4) is 11.5 Å². The van der Waals surface area contributed by atoms with Crippen LogP contribution in [0.1, 0.15) is 5.56 Å². The number of rotatable bonds is 6. The van der Waals surface area contributed by atoms with Gasteiger partial charge in [-0.15, -0.1) is 0 Å². The van der Waals surface area contributed by atoms with E-state index in [-0.39, 0.29) is 24.9 Å². The second kappa shape index (κ2) is 8.75. The largest absolute Gasteiger partial charge is 0.463 e. The molecule has 1 aromatic carbocycles. The Morgan fingerprint density at radius 1 is 1.06 bits per heavy atom. The number of nitrogens with zero attached hydrogens (tertiary/aromatic N) is 2. The summed E-state index contributed by atoms with van der Waals surface area (Å²) >= 11 is 0. The lowest BCUT2D eigenvalue weighted by Crippen LogP contribution is -2.39. The Balaban J connectivity index is 1.16. The molecule has 0 spiro atoms. The summed E-state index contributed by atoms with van der Waals surface area (Å²) in [6.07, 6.45) is 1.70. The highest BCUT2D eigenvalue weighted by atomic mass is 16.6. The van der Waals surface area contributed by atoms with Gasteiger partial charge in [0.05, 0.1) is 25.5 Å². The first-order chi connectivity index (χ1) is 15.3. The summed E-state index contributed by atoms with van der Waals surface area (Å²) in [6, 6.07) is 14.9. The number of ether oxygens (including phenoxy) is 3. The minimum absolute atomic E-state index is 0.155. The first-order valence-electron chi connectivity index (χ1n) is 10.1. The topological polar surface area (TPSA) is 108 Å². The number of benzene rings is 1. The fourth-order valence-corrected chi connectivity index (χ4v) is 3.79. The number of furan rings is 1. The molecule has 9 heteroatoms. The molecule has 9 nitrogen and oxygen atoms in total. The number of nitrogens with one attached hydrogen (secondary N) is 2. The lowest BCUT2D eigenvalue weighted by Gasteiger charge is -2.18. The number of anilines is 1. The zero-order valence-electron chi connectivity index (χ0n) is 16.6. The van der Waals surface area contributed by atoms with Gasteiger partial charge in [-0.2, -0.15) is 0 Å². The maximum absolute atomic E-state index is 12.2. The molecule has 0 saturated carbocycles. The number of aromatic nitrogens is 2. The summed E-state index contributed by atoms with van der Waals surface area (Å²) in [7, 11) is 0. The minimum atomic E-state index is -0.493. The van der Waals surface area contributed by atoms with Crippen LogP contribution in [0.4, 0.5) is 10.7 Å². The molecule has 31 heavy (non-hydrogen) atoms. The average Bonchev–Trinajstić information content (AvgIpc) is 3.54. The zero-order chi connectivity index (χ0) is 21.0. The number of fused-ring (bicyclic) bond motifs is 1. The summed E-state index contributed by atoms with van der Waals surface area (Å²) in [5.74, 6) is 1.12. The van der Waals surface area contributed by atoms with Gasteiger partial charge in [-0.1, -0.05) is 30.3 Å². The van der Waals surface area contributed by atoms with Crippen molar-refractivity contribution in [2.24, 2.45) is 0 Å². The first kappa shape index (κ1) is 19.5. The second-order valence-electron chi connectivity index (χ2n) is 7.37. The van der Waals surface area contributed by atoms with Crippen molar-refractivity contribution in [3.63, 3.8) is 0 Å². The normalized spacial score (nSPS) is 24.5. The maximum atomic E-state index is 12.2. The molecular formula is C22H22N4O5. The predicted molar refractivity (Wildman–Crippen MR) is 110 cm³/mol. The highest BCUT2D eigenvalue weighted by Gasteiger charge is 2.49. The summed E-state index contributed by atoms with van der Waals surface area (Å²) in [5, 5.41) is 6.02. The van der Waals surface area contributed by atoms with Crippen LogP contribution in [0.5, 0.6) is 0 Å². The van der Waals surface area contributed by atoms with Crippen LogP contribution in [0.15, 0.2) is 65.4 Å². The molecule has 2 fully saturated rings. The third kappa shape index (κ3) is 4.37. The first-order valence-corrected chi connectivity index (χ1v) is 10.1. The van der Waals surface area contributed by atoms with E-state index in [1.54, 1.807) is 18.5 Å². The van der Waals surface area contributed by atoms with Crippen LogP contribution in [0.25, 0.3) is 11.5 Å². The van der Waals surface area contributed by atoms with Crippen LogP contribution in [0.2, 0.25) is 0 Å². The van der Waals surface area contributed by atoms with Gasteiger partial charge in [-0.25, -0.2) is 14.8 Å². The van der Waals surface area contributed by atoms with Gasteiger partial charge in [0.1, 0.15) is 17.9 Å². The van der Waals surface area contributed by atoms with E-state index in [2.05, 4.69) is 20.6 Å². The Kier molecular flexibility index (Phi) is 5.51. The third-order valence-corrected chi connectivity index (χ3v) is 5.29. The quantitative estimate of drug-likeness (QED) is 0.624. The second-order valence-corrected chi connectivity index (χ2v) is 7.37. The van der Waals surface area contributed by atoms with Gasteiger partial charge in [0.2, 0.25) is 5.95 Å². The van der Waals surface area contributed by atoms with Crippen molar-refractivity contribution in [1.29, 1.82) is 0 Å². The van der Waals surface area contributed by atoms with Crippen molar-refractivity contribution in [2.45, 2.75) is 30.9 Å². The lowest BCUT2D eigenvalue weighted by molar-refractivity contribution is 0.00431. The van der Waals surface area contributed by atoms with Crippen molar-refractivity contribution in [3.05, 3.63) is 66.6 Å². The van der Waals surface area contributed by atoms with Crippen LogP contribution >= 0.6 is 0 Å². The van der Waals surface area contributed by atoms with Crippen LogP contribution in [-0.2, 0) is 20.8 Å². The molecule has 1 amide bonds. The van der Waals surface area contributed by atoms with E-state index < -0.39 is 12.2 Å². The Labute approximate surface area is 178 Å². The number of hydrogen-bond donors (Lipinski definition) is 2. The molecule has 4 unspecified atom stereocenters. The molecule has 0 radical (unpaired) electrons. The minimum Gasteiger partial charge on any atom is -0.463 e. The van der Waals surface area contributed by atoms with E-state index >= 15 is 0 Å². The molecule has 0 aliphatic carbocycles. The number of carbonyl (C=O) groups excluding carboxylic acids is 1. The van der Waals surface area contributed by atoms with Crippen LogP contribution in [0.3, 0.4) is 0 Å². The predicted octanol–water partition coefficient (Wildman–Crippen LogP) is 2.61. The summed E-state index contributed by atoms with van der Waals surface area (Å²) < 4.78 is 22.7. The molecule has 0 bridgehead atoms. The molecule has 2 aliphatic rings. The Hall–Kier alpha value is -3.43. The fraction of sp³-hybridized carbons (Fsp3) is 0.318. The molecule has 160 valence electrons. The average molecular weight is 422 g/mol. The van der Waals surface area contributed by atoms with Crippen LogP contribution < -0.4 is 10.6 Å². The van der Waals surface area contributed by atoms with Crippen molar-refractivity contribution in [1.82, 2.24) is 15.3 Å². The summed E-state index contributed by atoms with van der Waals surface area (Å²) in [6.45, 7) is 1.07. The molecule has 2 N–H and O–H groups in total. The van der Waals surface area contributed by atoms with Gasteiger partial charge in [0.15, 0.2) is 11.9 Å². The number of alkyl carbamates (subject to hydrolysis) is 1. The van der Waals surface area contributed by atoms with Gasteiger partial charge in [0, 0.05) is 12.7 Å². The standard InChI is InChI=1S/C22H22N4O5/c27-22(24-11-14-5-2-1-3-6-14)31-18-13-30-19-16(12-29-20(18)19)26-21-23-9-8-15(25-21)17-7-4-10-28-17/h1-10,16,18-20H,11-13H2,(H,24,27)(H,23,25,26). The third-order valence-electron chi connectivity index (χ3n) is 5.29. The molecule has 4 heterocycles. The molecular weight excluding hydrogens is 400 g/mol. The molecule has 2 aliphatic heterocycles. The Bertz CT molecular complexity index is 1010. The van der Waals surface area contributed by atoms with E-state index in [0.717, 1.165) is 5.56 Å². The van der Waals surface area contributed by atoms with Crippen molar-refractivity contribution < 1.29 is 23.4 Å². The van der Waals surface area contributed by atoms with E-state index in [4.69, 9.17) is 18.6 Å². The van der Waals surface area contributed by atoms with E-state index in [9.17, 15) is 4.79 Å². The number of amides is 1. The highest BCUT2D eigenvalue weighted by Crippen LogP contribution is 2.30. The van der Waals surface area contributed by atoms with Crippen LogP contribution in [0, 0.1) is 0 Å². The molecule has 5 rings (SSSR count). The summed E-state index contributed by atoms with van der Waals surface area (Å²) in [5.41, 5.74) is 1.68. The zero-order valence-corrected chi connectivity index (χ0v) is 16.6. The van der Waals surface area contributed by atoms with Gasteiger partial charge in [-0.05, 0) is 23.8 Å². The van der Waals surface area contributed by atoms with Crippen molar-refractivity contribution in [2.75, 3.05) is 18.5 Å². The SMILES string of the molecule is O=C(NCc1ccccc1)OC1COC2C(Nc3nccc(-c4ccco4)n3)COC12. The van der Waals surface area contributed by atoms with Gasteiger partial charge >= 0.3 is 6.09 Å². The van der Waals surface area contributed by atoms with E-state index in [0.29, 0.717) is 30.6 Å². The summed E-state index contributed by atoms with van der Waals surface area (Å²) in [4.78, 5) is 21.0. The molecule has 2 aromatic heterocycles. The number of hydrogen-bond acceptors (Lipinski definition) is 8. The lowest BCUT2D eigenvalue weighted by atomic mass is 10.1. The molecule has 4 atom stereocenters. The monoisotopic (exact) mass is 422 g/mol. The fourth-order valence-electron chi connectivity index (χ4n) is 3.79. The molecule has 2 saturated heterocycles. The highest BCUT2D eigenvalue weighted by molar-refractivity contribution is 5.67. The Morgan fingerprint density at radius 3 is 2.77 bits per heavy atom. The van der Waals surface area contributed by atoms with Crippen molar-refractivity contribution >= 4 is 12.0 Å². The molecule has 3 aromatic rings. The van der Waals surface area contributed by atoms with Gasteiger partial charge in [-0.3, -0.25) is 0 Å².